The smallest absolute Gasteiger partial charge is 0.248 e. The molecule has 0 aliphatic rings. The molecule has 4 nitrogen and oxygen atoms in total. The highest BCUT2D eigenvalue weighted by Gasteiger charge is 2.17. The number of hydrogen-bond acceptors (Lipinski definition) is 4. The summed E-state index contributed by atoms with van der Waals surface area (Å²) in [5.41, 5.74) is 8.21. The van der Waals surface area contributed by atoms with Crippen molar-refractivity contribution >= 4 is 15.9 Å². The highest BCUT2D eigenvalue weighted by Crippen LogP contribution is 2.21. The molecule has 1 heterocycles. The molecule has 0 aliphatic carbocycles. The minimum absolute atomic E-state index is 0.397. The summed E-state index contributed by atoms with van der Waals surface area (Å²) in [5.74, 6) is 1.06. The lowest BCUT2D eigenvalue weighted by molar-refractivity contribution is 0.363. The summed E-state index contributed by atoms with van der Waals surface area (Å²) in [6, 6.07) is 17.3. The van der Waals surface area contributed by atoms with Crippen LogP contribution >= 0.6 is 15.9 Å². The molecule has 106 valence electrons. The molecule has 0 spiro atoms. The summed E-state index contributed by atoms with van der Waals surface area (Å²) in [6.45, 7) is 0. The van der Waals surface area contributed by atoms with Gasteiger partial charge in [0, 0.05) is 10.9 Å². The van der Waals surface area contributed by atoms with Crippen LogP contribution in [0.2, 0.25) is 0 Å². The van der Waals surface area contributed by atoms with Crippen molar-refractivity contribution in [2.45, 2.75) is 12.5 Å². The average molecular weight is 344 g/mol. The molecular weight excluding hydrogens is 330 g/mol. The molecule has 0 amide bonds. The van der Waals surface area contributed by atoms with E-state index in [0.29, 0.717) is 18.1 Å². The van der Waals surface area contributed by atoms with Crippen LogP contribution in [0.25, 0.3) is 0 Å². The molecule has 0 aliphatic heterocycles. The van der Waals surface area contributed by atoms with Gasteiger partial charge in [-0.05, 0) is 17.2 Å². The number of nitrogens with zero attached hydrogens (tertiary/aromatic N) is 2. The molecule has 2 aromatic carbocycles. The Labute approximate surface area is 131 Å². The van der Waals surface area contributed by atoms with E-state index in [4.69, 9.17) is 10.3 Å². The average Bonchev–Trinajstić information content (AvgIpc) is 2.98. The summed E-state index contributed by atoms with van der Waals surface area (Å²) < 4.78 is 6.32. The van der Waals surface area contributed by atoms with Crippen LogP contribution in [0.1, 0.15) is 28.9 Å². The van der Waals surface area contributed by atoms with Gasteiger partial charge in [0.15, 0.2) is 5.82 Å². The second-order valence-electron chi connectivity index (χ2n) is 4.71. The Balaban J connectivity index is 1.79. The van der Waals surface area contributed by atoms with Crippen molar-refractivity contribution in [2.24, 2.45) is 5.73 Å². The van der Waals surface area contributed by atoms with Gasteiger partial charge >= 0.3 is 0 Å². The zero-order valence-corrected chi connectivity index (χ0v) is 12.8. The third-order valence-corrected chi connectivity index (χ3v) is 3.99. The van der Waals surface area contributed by atoms with Gasteiger partial charge in [-0.2, -0.15) is 4.98 Å². The van der Waals surface area contributed by atoms with Crippen LogP contribution in [0.4, 0.5) is 0 Å². The lowest BCUT2D eigenvalue weighted by Crippen LogP contribution is -2.12. The standard InChI is InChI=1S/C16H14BrN3O/c17-13-9-5-4-8-12(13)10-14-19-16(21-20-14)15(18)11-6-2-1-3-7-11/h1-9,15H,10,18H2/t15-/m0/s1. The highest BCUT2D eigenvalue weighted by molar-refractivity contribution is 9.10. The van der Waals surface area contributed by atoms with Gasteiger partial charge in [0.2, 0.25) is 5.89 Å². The van der Waals surface area contributed by atoms with Gasteiger partial charge in [-0.15, -0.1) is 0 Å². The van der Waals surface area contributed by atoms with Crippen LogP contribution in [0, 0.1) is 0 Å². The number of halogens is 1. The van der Waals surface area contributed by atoms with Crippen LogP contribution in [-0.2, 0) is 6.42 Å². The minimum Gasteiger partial charge on any atom is -0.337 e. The van der Waals surface area contributed by atoms with Crippen molar-refractivity contribution in [1.29, 1.82) is 0 Å². The SMILES string of the molecule is N[C@@H](c1ccccc1)c1nc(Cc2ccccc2Br)no1. The first kappa shape index (κ1) is 14.0. The van der Waals surface area contributed by atoms with Crippen molar-refractivity contribution < 1.29 is 4.52 Å². The zero-order chi connectivity index (χ0) is 14.7. The van der Waals surface area contributed by atoms with Gasteiger partial charge in [0.25, 0.3) is 0 Å². The van der Waals surface area contributed by atoms with Crippen LogP contribution < -0.4 is 5.73 Å². The fraction of sp³-hybridized carbons (Fsp3) is 0.125. The van der Waals surface area contributed by atoms with Crippen molar-refractivity contribution in [2.75, 3.05) is 0 Å². The molecule has 1 atom stereocenters. The molecule has 21 heavy (non-hydrogen) atoms. The Morgan fingerprint density at radius 2 is 1.76 bits per heavy atom. The lowest BCUT2D eigenvalue weighted by Gasteiger charge is -2.05. The van der Waals surface area contributed by atoms with E-state index in [-0.39, 0.29) is 0 Å². The van der Waals surface area contributed by atoms with Crippen molar-refractivity contribution in [3.63, 3.8) is 0 Å². The normalized spacial score (nSPS) is 12.3. The summed E-state index contributed by atoms with van der Waals surface area (Å²) in [4.78, 5) is 4.40. The maximum atomic E-state index is 6.15. The maximum Gasteiger partial charge on any atom is 0.248 e. The van der Waals surface area contributed by atoms with E-state index in [1.165, 1.54) is 0 Å². The maximum absolute atomic E-state index is 6.15. The number of hydrogen-bond donors (Lipinski definition) is 1. The summed E-state index contributed by atoms with van der Waals surface area (Å²) in [5, 5.41) is 4.01. The Bertz CT molecular complexity index is 727. The van der Waals surface area contributed by atoms with Crippen LogP contribution in [0.15, 0.2) is 63.6 Å². The molecule has 0 radical (unpaired) electrons. The quantitative estimate of drug-likeness (QED) is 0.787. The Kier molecular flexibility index (Phi) is 4.13. The zero-order valence-electron chi connectivity index (χ0n) is 11.2. The number of nitrogens with two attached hydrogens (primary N) is 1. The second kappa shape index (κ2) is 6.20. The largest absolute Gasteiger partial charge is 0.337 e. The van der Waals surface area contributed by atoms with Crippen molar-refractivity contribution in [3.05, 3.63) is 81.9 Å². The van der Waals surface area contributed by atoms with E-state index in [9.17, 15) is 0 Å². The van der Waals surface area contributed by atoms with E-state index < -0.39 is 6.04 Å². The summed E-state index contributed by atoms with van der Waals surface area (Å²) in [6.07, 6.45) is 0.604. The molecular formula is C16H14BrN3O. The van der Waals surface area contributed by atoms with Gasteiger partial charge in [-0.1, -0.05) is 69.6 Å². The topological polar surface area (TPSA) is 64.9 Å². The molecule has 0 saturated carbocycles. The Morgan fingerprint density at radius 3 is 2.52 bits per heavy atom. The third kappa shape index (κ3) is 3.20. The molecule has 0 saturated heterocycles. The predicted octanol–water partition coefficient (Wildman–Crippen LogP) is 3.47. The van der Waals surface area contributed by atoms with E-state index in [2.05, 4.69) is 26.1 Å². The summed E-state index contributed by atoms with van der Waals surface area (Å²) in [7, 11) is 0. The molecule has 3 aromatic rings. The monoisotopic (exact) mass is 343 g/mol. The lowest BCUT2D eigenvalue weighted by atomic mass is 10.1. The first-order chi connectivity index (χ1) is 10.2. The first-order valence-electron chi connectivity index (χ1n) is 6.60. The fourth-order valence-electron chi connectivity index (χ4n) is 2.08. The number of aromatic nitrogens is 2. The third-order valence-electron chi connectivity index (χ3n) is 3.21. The van der Waals surface area contributed by atoms with E-state index in [1.54, 1.807) is 0 Å². The number of benzene rings is 2. The molecule has 5 heteroatoms. The van der Waals surface area contributed by atoms with Crippen LogP contribution in [-0.4, -0.2) is 10.1 Å². The molecule has 1 aromatic heterocycles. The van der Waals surface area contributed by atoms with E-state index >= 15 is 0 Å². The van der Waals surface area contributed by atoms with Crippen LogP contribution in [0.5, 0.6) is 0 Å². The Hall–Kier alpha value is -1.98. The molecule has 0 unspecified atom stereocenters. The van der Waals surface area contributed by atoms with Crippen LogP contribution in [0.3, 0.4) is 0 Å². The molecule has 0 bridgehead atoms. The first-order valence-corrected chi connectivity index (χ1v) is 7.40. The molecule has 2 N–H and O–H groups in total. The van der Waals surface area contributed by atoms with E-state index in [1.807, 2.05) is 54.6 Å². The minimum atomic E-state index is -0.397. The summed E-state index contributed by atoms with van der Waals surface area (Å²) >= 11 is 3.52. The van der Waals surface area contributed by atoms with E-state index in [0.717, 1.165) is 15.6 Å². The van der Waals surface area contributed by atoms with Gasteiger partial charge in [0.05, 0.1) is 0 Å². The molecule has 3 rings (SSSR count). The van der Waals surface area contributed by atoms with Crippen molar-refractivity contribution in [1.82, 2.24) is 10.1 Å². The van der Waals surface area contributed by atoms with Gasteiger partial charge in [-0.3, -0.25) is 0 Å². The predicted molar refractivity (Wildman–Crippen MR) is 83.7 cm³/mol. The Morgan fingerprint density at radius 1 is 1.05 bits per heavy atom. The van der Waals surface area contributed by atoms with Gasteiger partial charge in [-0.25, -0.2) is 0 Å². The van der Waals surface area contributed by atoms with Gasteiger partial charge in [0.1, 0.15) is 6.04 Å². The second-order valence-corrected chi connectivity index (χ2v) is 5.56. The number of rotatable bonds is 4. The molecule has 0 fully saturated rings. The highest BCUT2D eigenvalue weighted by atomic mass is 79.9. The van der Waals surface area contributed by atoms with Gasteiger partial charge < -0.3 is 10.3 Å². The van der Waals surface area contributed by atoms with Crippen molar-refractivity contribution in [3.8, 4) is 0 Å². The fourth-order valence-corrected chi connectivity index (χ4v) is 2.51.